The fourth-order valence-corrected chi connectivity index (χ4v) is 5.53. The number of rotatable bonds is 5. The molecule has 9 nitrogen and oxygen atoms in total. The zero-order valence-electron chi connectivity index (χ0n) is 20.1. The van der Waals surface area contributed by atoms with Crippen molar-refractivity contribution in [2.24, 2.45) is 0 Å². The molecular formula is C26H23FN6O3S. The number of hydrogen-bond donors (Lipinski definition) is 2. The van der Waals surface area contributed by atoms with Crippen molar-refractivity contribution < 1.29 is 18.4 Å². The van der Waals surface area contributed by atoms with E-state index in [1.54, 1.807) is 18.2 Å². The first-order valence-electron chi connectivity index (χ1n) is 11.7. The summed E-state index contributed by atoms with van der Waals surface area (Å²) in [7, 11) is 3.44. The molecule has 11 heteroatoms. The molecule has 1 atom stereocenters. The van der Waals surface area contributed by atoms with Gasteiger partial charge in [-0.3, -0.25) is 9.59 Å². The minimum Gasteiger partial charge on any atom is -0.459 e. The van der Waals surface area contributed by atoms with Gasteiger partial charge in [-0.15, -0.1) is 0 Å². The molecule has 2 amide bonds. The van der Waals surface area contributed by atoms with E-state index in [9.17, 15) is 14.0 Å². The van der Waals surface area contributed by atoms with E-state index in [-0.39, 0.29) is 30.5 Å². The van der Waals surface area contributed by atoms with E-state index in [1.165, 1.54) is 24.3 Å². The Morgan fingerprint density at radius 3 is 2.92 bits per heavy atom. The van der Waals surface area contributed by atoms with Crippen LogP contribution in [0.4, 0.5) is 10.1 Å². The monoisotopic (exact) mass is 518 g/mol. The lowest BCUT2D eigenvalue weighted by Gasteiger charge is -2.34. The summed E-state index contributed by atoms with van der Waals surface area (Å²) in [5, 5.41) is 3.11. The third-order valence-electron chi connectivity index (χ3n) is 6.90. The number of benzene rings is 2. The fourth-order valence-electron chi connectivity index (χ4n) is 5.02. The first-order valence-corrected chi connectivity index (χ1v) is 12.5. The van der Waals surface area contributed by atoms with Crippen LogP contribution in [0.15, 0.2) is 53.1 Å². The molecule has 1 aliphatic heterocycles. The summed E-state index contributed by atoms with van der Waals surface area (Å²) in [6, 6.07) is 11.6. The smallest absolute Gasteiger partial charge is 0.290 e. The molecule has 4 heterocycles. The second-order valence-corrected chi connectivity index (χ2v) is 9.61. The van der Waals surface area contributed by atoms with Gasteiger partial charge in [0, 0.05) is 54.9 Å². The number of anilines is 1. The summed E-state index contributed by atoms with van der Waals surface area (Å²) in [5.41, 5.74) is 5.33. The van der Waals surface area contributed by atoms with Crippen LogP contribution >= 0.6 is 11.7 Å². The molecule has 37 heavy (non-hydrogen) atoms. The van der Waals surface area contributed by atoms with Gasteiger partial charge in [-0.1, -0.05) is 6.07 Å². The molecule has 6 rings (SSSR count). The number of aromatic nitrogens is 3. The Bertz CT molecular complexity index is 1660. The third kappa shape index (κ3) is 3.91. The van der Waals surface area contributed by atoms with Crippen LogP contribution < -0.4 is 10.2 Å². The van der Waals surface area contributed by atoms with Gasteiger partial charge in [0.05, 0.1) is 24.5 Å². The van der Waals surface area contributed by atoms with Crippen molar-refractivity contribution in [2.45, 2.75) is 25.6 Å². The lowest BCUT2D eigenvalue weighted by Crippen LogP contribution is -2.52. The van der Waals surface area contributed by atoms with Crippen molar-refractivity contribution in [1.82, 2.24) is 23.9 Å². The number of fused-ring (bicyclic) bond motifs is 4. The van der Waals surface area contributed by atoms with Crippen LogP contribution in [0.5, 0.6) is 0 Å². The molecule has 3 aromatic heterocycles. The number of halogens is 1. The predicted octanol–water partition coefficient (Wildman–Crippen LogP) is 3.85. The molecular weight excluding hydrogens is 495 g/mol. The van der Waals surface area contributed by atoms with Gasteiger partial charge < -0.3 is 24.5 Å². The predicted molar refractivity (Wildman–Crippen MR) is 138 cm³/mol. The molecule has 0 spiro atoms. The third-order valence-corrected chi connectivity index (χ3v) is 7.46. The van der Waals surface area contributed by atoms with Crippen molar-refractivity contribution in [2.75, 3.05) is 19.0 Å². The van der Waals surface area contributed by atoms with Crippen LogP contribution in [0.25, 0.3) is 21.9 Å². The molecule has 5 aromatic rings. The molecule has 0 fully saturated rings. The molecule has 0 unspecified atom stereocenters. The molecule has 188 valence electrons. The molecule has 2 N–H and O–H groups in total. The van der Waals surface area contributed by atoms with Gasteiger partial charge in [0.15, 0.2) is 5.76 Å². The number of nitrogens with one attached hydrogen (secondary N) is 2. The first kappa shape index (κ1) is 23.2. The zero-order valence-corrected chi connectivity index (χ0v) is 20.9. The van der Waals surface area contributed by atoms with Crippen molar-refractivity contribution >= 4 is 51.2 Å². The first-order chi connectivity index (χ1) is 17.9. The highest BCUT2D eigenvalue weighted by atomic mass is 32.1. The summed E-state index contributed by atoms with van der Waals surface area (Å²) >= 11 is 1.16. The zero-order chi connectivity index (χ0) is 25.7. The Morgan fingerprint density at radius 1 is 1.24 bits per heavy atom. The second kappa shape index (κ2) is 9.00. The van der Waals surface area contributed by atoms with E-state index >= 15 is 0 Å². The molecule has 1 aliphatic rings. The van der Waals surface area contributed by atoms with Crippen LogP contribution in [0.1, 0.15) is 27.4 Å². The SMILES string of the molecule is CNC(=O)[C@H]1Cc2c([nH]c3cccc(F)c23)CN1C(=O)c1occc1CN(C)c1ccc2nsnc2c1. The van der Waals surface area contributed by atoms with Gasteiger partial charge in [-0.2, -0.15) is 8.75 Å². The number of likely N-dealkylation sites (N-methyl/N-ethyl adjacent to an activating group) is 1. The maximum Gasteiger partial charge on any atom is 0.290 e. The molecule has 0 bridgehead atoms. The summed E-state index contributed by atoms with van der Waals surface area (Å²) < 4.78 is 28.8. The topological polar surface area (TPSA) is 107 Å². The largest absolute Gasteiger partial charge is 0.459 e. The van der Waals surface area contributed by atoms with Gasteiger partial charge in [0.2, 0.25) is 5.91 Å². The summed E-state index contributed by atoms with van der Waals surface area (Å²) in [5.74, 6) is -0.901. The maximum absolute atomic E-state index is 14.7. The fraction of sp³-hybridized carbons (Fsp3) is 0.231. The Balaban J connectivity index is 1.31. The summed E-state index contributed by atoms with van der Waals surface area (Å²) in [4.78, 5) is 33.4. The highest BCUT2D eigenvalue weighted by molar-refractivity contribution is 7.00. The van der Waals surface area contributed by atoms with Crippen molar-refractivity contribution in [3.63, 3.8) is 0 Å². The van der Waals surface area contributed by atoms with Crippen molar-refractivity contribution in [3.05, 3.63) is 77.1 Å². The number of furan rings is 1. The standard InChI is InChI=1S/C26H23FN6O3S/c1-28-25(34)22-11-16-21(29-19-5-3-4-17(27)23(16)19)13-33(22)26(35)24-14(8-9-36-24)12-32(2)15-6-7-18-20(10-15)31-37-30-18/h3-10,22,29H,11-13H2,1-2H3,(H,28,34)/t22-/m1/s1. The van der Waals surface area contributed by atoms with Crippen LogP contribution in [0, 0.1) is 5.82 Å². The Labute approximate surface area is 215 Å². The Kier molecular flexibility index (Phi) is 5.64. The van der Waals surface area contributed by atoms with Crippen molar-refractivity contribution in [3.8, 4) is 0 Å². The molecule has 2 aromatic carbocycles. The quantitative estimate of drug-likeness (QED) is 0.366. The van der Waals surface area contributed by atoms with Gasteiger partial charge in [0.1, 0.15) is 22.9 Å². The average Bonchev–Trinajstić information content (AvgIpc) is 3.64. The number of hydrogen-bond acceptors (Lipinski definition) is 7. The number of nitrogens with zero attached hydrogens (tertiary/aromatic N) is 4. The number of H-pyrrole nitrogens is 1. The van der Waals surface area contributed by atoms with E-state index in [2.05, 4.69) is 19.0 Å². The highest BCUT2D eigenvalue weighted by Crippen LogP contribution is 2.33. The van der Waals surface area contributed by atoms with Crippen LogP contribution in [-0.2, 0) is 24.3 Å². The lowest BCUT2D eigenvalue weighted by molar-refractivity contribution is -0.125. The molecule has 0 aliphatic carbocycles. The van der Waals surface area contributed by atoms with E-state index in [1.807, 2.05) is 30.1 Å². The minimum atomic E-state index is -0.807. The van der Waals surface area contributed by atoms with E-state index in [4.69, 9.17) is 4.42 Å². The van der Waals surface area contributed by atoms with E-state index in [0.717, 1.165) is 34.0 Å². The molecule has 0 radical (unpaired) electrons. The van der Waals surface area contributed by atoms with E-state index < -0.39 is 11.9 Å². The van der Waals surface area contributed by atoms with Crippen molar-refractivity contribution in [1.29, 1.82) is 0 Å². The normalized spacial score (nSPS) is 15.2. The van der Waals surface area contributed by atoms with Gasteiger partial charge in [-0.25, -0.2) is 4.39 Å². The maximum atomic E-state index is 14.7. The number of carbonyl (C=O) groups is 2. The summed E-state index contributed by atoms with van der Waals surface area (Å²) in [6.45, 7) is 0.534. The van der Waals surface area contributed by atoms with Crippen LogP contribution in [0.3, 0.4) is 0 Å². The van der Waals surface area contributed by atoms with Crippen LogP contribution in [-0.4, -0.2) is 50.6 Å². The van der Waals surface area contributed by atoms with E-state index in [0.29, 0.717) is 28.7 Å². The number of carbonyl (C=O) groups excluding carboxylic acids is 2. The molecule has 0 saturated carbocycles. The van der Waals surface area contributed by atoms with Gasteiger partial charge in [-0.05, 0) is 42.0 Å². The van der Waals surface area contributed by atoms with Gasteiger partial charge >= 0.3 is 0 Å². The van der Waals surface area contributed by atoms with Crippen LogP contribution in [0.2, 0.25) is 0 Å². The Hall–Kier alpha value is -4.25. The molecule has 0 saturated heterocycles. The number of amides is 2. The average molecular weight is 519 g/mol. The minimum absolute atomic E-state index is 0.129. The summed E-state index contributed by atoms with van der Waals surface area (Å²) in [6.07, 6.45) is 1.67. The van der Waals surface area contributed by atoms with Gasteiger partial charge in [0.25, 0.3) is 5.91 Å². The Morgan fingerprint density at radius 2 is 2.08 bits per heavy atom. The second-order valence-electron chi connectivity index (χ2n) is 9.08. The number of aromatic amines is 1. The lowest BCUT2D eigenvalue weighted by atomic mass is 9.95. The highest BCUT2D eigenvalue weighted by Gasteiger charge is 2.38.